The Morgan fingerprint density at radius 1 is 0.542 bits per heavy atom. The van der Waals surface area contributed by atoms with Crippen LogP contribution in [0.15, 0.2) is 121 Å². The number of nitrogens with two attached hydrogens (primary N) is 1. The summed E-state index contributed by atoms with van der Waals surface area (Å²) in [4.78, 5) is 13.3. The first kappa shape index (κ1) is 30.1. The van der Waals surface area contributed by atoms with Crippen LogP contribution in [0.5, 0.6) is 0 Å². The fourth-order valence-electron chi connectivity index (χ4n) is 7.41. The average Bonchev–Trinajstić information content (AvgIpc) is 3.59. The first-order chi connectivity index (χ1) is 23.6. The minimum Gasteiger partial charge on any atom is -0.342 e. The smallest absolute Gasteiger partial charge is 0.0949 e. The Bertz CT molecular complexity index is 2220. The van der Waals surface area contributed by atoms with Crippen LogP contribution in [0.3, 0.4) is 0 Å². The molecule has 0 saturated heterocycles. The zero-order chi connectivity index (χ0) is 32.6. The number of aryl methyl sites for hydroxylation is 2. The normalized spacial score (nSPS) is 11.9. The summed E-state index contributed by atoms with van der Waals surface area (Å²) in [7, 11) is 4.30. The number of rotatable bonds is 10. The molecule has 8 rings (SSSR count). The molecule has 6 heteroatoms. The topological polar surface area (TPSA) is 64.9 Å². The molecule has 0 radical (unpaired) electrons. The molecule has 6 nitrogen and oxygen atoms in total. The van der Waals surface area contributed by atoms with Crippen molar-refractivity contribution in [3.8, 4) is 22.5 Å². The van der Waals surface area contributed by atoms with Gasteiger partial charge in [-0.25, -0.2) is 9.97 Å². The molecule has 4 aromatic heterocycles. The van der Waals surface area contributed by atoms with Crippen LogP contribution >= 0.6 is 0 Å². The predicted octanol–water partition coefficient (Wildman–Crippen LogP) is 8.84. The van der Waals surface area contributed by atoms with Crippen molar-refractivity contribution in [2.45, 2.75) is 25.9 Å². The fraction of sp³-hybridized carbons (Fsp3) is 0.190. The molecular weight excluding hydrogens is 589 g/mol. The van der Waals surface area contributed by atoms with Gasteiger partial charge in [0.25, 0.3) is 0 Å². The molecule has 0 aliphatic heterocycles. The van der Waals surface area contributed by atoms with Gasteiger partial charge in [-0.1, -0.05) is 97.1 Å². The maximum atomic E-state index is 5.98. The van der Waals surface area contributed by atoms with Gasteiger partial charge in [0, 0.05) is 70.9 Å². The summed E-state index contributed by atoms with van der Waals surface area (Å²) in [6, 6.07) is 43.1. The third-order valence-corrected chi connectivity index (χ3v) is 9.67. The van der Waals surface area contributed by atoms with Gasteiger partial charge in [-0.05, 0) is 50.2 Å². The molecule has 4 aromatic carbocycles. The SMILES string of the molecule is Cn1c2ccccc2c2cc(CN(CCCCN)Cc3cc4c5ccccc5n(C)c4c(-c4ccccc4)n3)nc(-c3ccccc3)c21. The number of hydrogen-bond donors (Lipinski definition) is 1. The Morgan fingerprint density at radius 3 is 1.44 bits per heavy atom. The van der Waals surface area contributed by atoms with Gasteiger partial charge in [-0.3, -0.25) is 4.90 Å². The second kappa shape index (κ2) is 12.7. The number of nitrogens with zero attached hydrogens (tertiary/aromatic N) is 5. The molecule has 0 saturated carbocycles. The maximum Gasteiger partial charge on any atom is 0.0949 e. The van der Waals surface area contributed by atoms with Crippen molar-refractivity contribution in [3.63, 3.8) is 0 Å². The Hall–Kier alpha value is -5.30. The fourth-order valence-corrected chi connectivity index (χ4v) is 7.41. The van der Waals surface area contributed by atoms with E-state index in [0.29, 0.717) is 19.6 Å². The summed E-state index contributed by atoms with van der Waals surface area (Å²) in [5, 5.41) is 4.98. The van der Waals surface area contributed by atoms with Crippen molar-refractivity contribution in [2.24, 2.45) is 19.8 Å². The number of pyridine rings is 2. The van der Waals surface area contributed by atoms with E-state index in [0.717, 1.165) is 64.3 Å². The van der Waals surface area contributed by atoms with Crippen molar-refractivity contribution in [1.82, 2.24) is 24.0 Å². The Labute approximate surface area is 281 Å². The third-order valence-electron chi connectivity index (χ3n) is 9.67. The highest BCUT2D eigenvalue weighted by molar-refractivity contribution is 6.13. The molecule has 0 aliphatic rings. The summed E-state index contributed by atoms with van der Waals surface area (Å²) in [6.45, 7) is 3.01. The number of benzene rings is 4. The van der Waals surface area contributed by atoms with Crippen LogP contribution in [-0.2, 0) is 27.2 Å². The molecule has 0 aliphatic carbocycles. The summed E-state index contributed by atoms with van der Waals surface area (Å²) in [5.41, 5.74) is 17.1. The molecule has 0 bridgehead atoms. The van der Waals surface area contributed by atoms with Gasteiger partial charge >= 0.3 is 0 Å². The lowest BCUT2D eigenvalue weighted by Crippen LogP contribution is -2.26. The third kappa shape index (κ3) is 5.33. The van der Waals surface area contributed by atoms with E-state index in [2.05, 4.69) is 149 Å². The number of fused-ring (bicyclic) bond motifs is 6. The summed E-state index contributed by atoms with van der Waals surface area (Å²) < 4.78 is 4.58. The second-order valence-corrected chi connectivity index (χ2v) is 12.8. The second-order valence-electron chi connectivity index (χ2n) is 12.8. The van der Waals surface area contributed by atoms with Gasteiger partial charge in [0.1, 0.15) is 0 Å². The lowest BCUT2D eigenvalue weighted by Gasteiger charge is -2.23. The van der Waals surface area contributed by atoms with E-state index in [1.807, 2.05) is 0 Å². The van der Waals surface area contributed by atoms with E-state index in [1.54, 1.807) is 0 Å². The molecule has 0 unspecified atom stereocenters. The minimum atomic E-state index is 0.685. The van der Waals surface area contributed by atoms with E-state index in [9.17, 15) is 0 Å². The van der Waals surface area contributed by atoms with Gasteiger partial charge in [0.05, 0.1) is 33.8 Å². The predicted molar refractivity (Wildman–Crippen MR) is 200 cm³/mol. The zero-order valence-corrected chi connectivity index (χ0v) is 27.6. The standard InChI is InChI=1S/C42H40N6/c1-46-37-21-11-9-19-33(37)35-25-31(44-39(41(35)46)29-15-5-3-6-16-29)27-48(24-14-13-23-43)28-32-26-36-34-20-10-12-22-38(34)47(2)42(36)40(45-32)30-17-7-4-8-18-30/h3-12,15-22,25-26H,13-14,23-24,27-28,43H2,1-2H3. The quantitative estimate of drug-likeness (QED) is 0.154. The Balaban J connectivity index is 1.25. The highest BCUT2D eigenvalue weighted by atomic mass is 15.1. The van der Waals surface area contributed by atoms with Crippen molar-refractivity contribution >= 4 is 43.6 Å². The van der Waals surface area contributed by atoms with Gasteiger partial charge in [-0.15, -0.1) is 0 Å². The molecule has 4 heterocycles. The van der Waals surface area contributed by atoms with E-state index in [4.69, 9.17) is 15.7 Å². The van der Waals surface area contributed by atoms with Crippen LogP contribution in [0.1, 0.15) is 24.2 Å². The molecule has 238 valence electrons. The number of para-hydroxylation sites is 2. The Kier molecular flexibility index (Phi) is 7.96. The monoisotopic (exact) mass is 628 g/mol. The molecule has 0 spiro atoms. The molecular formula is C42H40N6. The van der Waals surface area contributed by atoms with E-state index in [-0.39, 0.29) is 0 Å². The van der Waals surface area contributed by atoms with E-state index >= 15 is 0 Å². The van der Waals surface area contributed by atoms with Crippen LogP contribution in [0.25, 0.3) is 66.1 Å². The minimum absolute atomic E-state index is 0.685. The first-order valence-electron chi connectivity index (χ1n) is 16.9. The average molecular weight is 629 g/mol. The molecule has 0 fully saturated rings. The van der Waals surface area contributed by atoms with Crippen molar-refractivity contribution < 1.29 is 0 Å². The lowest BCUT2D eigenvalue weighted by molar-refractivity contribution is 0.246. The van der Waals surface area contributed by atoms with Crippen LogP contribution in [-0.4, -0.2) is 37.1 Å². The van der Waals surface area contributed by atoms with Crippen molar-refractivity contribution in [2.75, 3.05) is 13.1 Å². The van der Waals surface area contributed by atoms with Gasteiger partial charge in [0.2, 0.25) is 0 Å². The number of aromatic nitrogens is 4. The van der Waals surface area contributed by atoms with Crippen LogP contribution in [0, 0.1) is 0 Å². The molecule has 0 amide bonds. The van der Waals surface area contributed by atoms with Crippen LogP contribution in [0.4, 0.5) is 0 Å². The van der Waals surface area contributed by atoms with Crippen molar-refractivity contribution in [1.29, 1.82) is 0 Å². The largest absolute Gasteiger partial charge is 0.342 e. The molecule has 48 heavy (non-hydrogen) atoms. The zero-order valence-electron chi connectivity index (χ0n) is 27.6. The first-order valence-corrected chi connectivity index (χ1v) is 16.9. The number of unbranched alkanes of at least 4 members (excludes halogenated alkanes) is 1. The van der Waals surface area contributed by atoms with E-state index in [1.165, 1.54) is 32.6 Å². The summed E-state index contributed by atoms with van der Waals surface area (Å²) >= 11 is 0. The van der Waals surface area contributed by atoms with Gasteiger partial charge in [0.15, 0.2) is 0 Å². The van der Waals surface area contributed by atoms with Crippen molar-refractivity contribution in [3.05, 3.63) is 133 Å². The van der Waals surface area contributed by atoms with Crippen LogP contribution in [0.2, 0.25) is 0 Å². The molecule has 8 aromatic rings. The van der Waals surface area contributed by atoms with E-state index < -0.39 is 0 Å². The summed E-state index contributed by atoms with van der Waals surface area (Å²) in [5.74, 6) is 0. The van der Waals surface area contributed by atoms with Gasteiger partial charge < -0.3 is 14.9 Å². The lowest BCUT2D eigenvalue weighted by atomic mass is 10.1. The maximum absolute atomic E-state index is 5.98. The highest BCUT2D eigenvalue weighted by Crippen LogP contribution is 2.37. The highest BCUT2D eigenvalue weighted by Gasteiger charge is 2.20. The Morgan fingerprint density at radius 2 is 0.979 bits per heavy atom. The van der Waals surface area contributed by atoms with Gasteiger partial charge in [-0.2, -0.15) is 0 Å². The molecule has 2 N–H and O–H groups in total. The van der Waals surface area contributed by atoms with Crippen LogP contribution < -0.4 is 5.73 Å². The molecule has 0 atom stereocenters. The number of hydrogen-bond acceptors (Lipinski definition) is 4. The summed E-state index contributed by atoms with van der Waals surface area (Å²) in [6.07, 6.45) is 1.99.